The Morgan fingerprint density at radius 2 is 1.62 bits per heavy atom. The number of oxime groups is 1. The standard InChI is InChI=1S/C29H36N2O8/c1-17(32)16-38-31-19-10-11-20-22(15-25(35-6)27(37-8)26(20)36-7)21(14-19)18-9-12-24(34-5)23(13-18)30-28(33)39-29(2,3)4/h9,12-15H,10-11,16H2,1-8H3,(H,30,33)/b31-19+. The van der Waals surface area contributed by atoms with Crippen molar-refractivity contribution in [2.45, 2.75) is 46.1 Å². The van der Waals surface area contributed by atoms with E-state index in [2.05, 4.69) is 10.5 Å². The highest BCUT2D eigenvalue weighted by atomic mass is 16.6. The van der Waals surface area contributed by atoms with Crippen LogP contribution in [0.1, 0.15) is 50.8 Å². The molecule has 3 rings (SSSR count). The fourth-order valence-corrected chi connectivity index (χ4v) is 4.18. The molecule has 210 valence electrons. The average molecular weight is 541 g/mol. The van der Waals surface area contributed by atoms with Crippen molar-refractivity contribution in [2.24, 2.45) is 5.16 Å². The summed E-state index contributed by atoms with van der Waals surface area (Å²) >= 11 is 0. The van der Waals surface area contributed by atoms with Gasteiger partial charge in [0.25, 0.3) is 0 Å². The maximum absolute atomic E-state index is 12.6. The van der Waals surface area contributed by atoms with E-state index < -0.39 is 11.7 Å². The monoisotopic (exact) mass is 540 g/mol. The lowest BCUT2D eigenvalue weighted by Crippen LogP contribution is -2.27. The van der Waals surface area contributed by atoms with E-state index in [0.717, 1.165) is 22.3 Å². The summed E-state index contributed by atoms with van der Waals surface area (Å²) in [5, 5.41) is 7.01. The Morgan fingerprint density at radius 3 is 2.21 bits per heavy atom. The fourth-order valence-electron chi connectivity index (χ4n) is 4.18. The molecule has 0 aliphatic heterocycles. The highest BCUT2D eigenvalue weighted by Crippen LogP contribution is 2.47. The number of Topliss-reactive ketones (excluding diaryl/α,β-unsaturated/α-hetero) is 1. The van der Waals surface area contributed by atoms with E-state index in [0.29, 0.717) is 47.2 Å². The lowest BCUT2D eigenvalue weighted by molar-refractivity contribution is -0.121. The lowest BCUT2D eigenvalue weighted by atomic mass is 9.92. The van der Waals surface area contributed by atoms with Gasteiger partial charge in [0, 0.05) is 5.56 Å². The normalized spacial score (nSPS) is 13.9. The third kappa shape index (κ3) is 7.22. The molecule has 0 fully saturated rings. The Balaban J connectivity index is 2.21. The van der Waals surface area contributed by atoms with Crippen molar-refractivity contribution in [1.82, 2.24) is 0 Å². The van der Waals surface area contributed by atoms with Crippen molar-refractivity contribution >= 4 is 28.8 Å². The number of carbonyl (C=O) groups is 2. The molecule has 2 aromatic carbocycles. The van der Waals surface area contributed by atoms with Gasteiger partial charge in [-0.3, -0.25) is 10.1 Å². The summed E-state index contributed by atoms with van der Waals surface area (Å²) in [6, 6.07) is 7.31. The summed E-state index contributed by atoms with van der Waals surface area (Å²) in [4.78, 5) is 29.3. The van der Waals surface area contributed by atoms with Gasteiger partial charge in [-0.25, -0.2) is 4.79 Å². The predicted octanol–water partition coefficient (Wildman–Crippen LogP) is 5.41. The number of ketones is 1. The van der Waals surface area contributed by atoms with Crippen LogP contribution in [0.15, 0.2) is 35.5 Å². The average Bonchev–Trinajstić information content (AvgIpc) is 3.05. The molecule has 0 unspecified atom stereocenters. The van der Waals surface area contributed by atoms with Crippen LogP contribution in [-0.2, 0) is 20.8 Å². The number of anilines is 1. The van der Waals surface area contributed by atoms with E-state index in [1.807, 2.05) is 18.2 Å². The molecule has 1 aliphatic carbocycles. The van der Waals surface area contributed by atoms with Crippen LogP contribution in [0.3, 0.4) is 0 Å². The lowest BCUT2D eigenvalue weighted by Gasteiger charge is -2.22. The van der Waals surface area contributed by atoms with Crippen molar-refractivity contribution in [2.75, 3.05) is 40.4 Å². The van der Waals surface area contributed by atoms with E-state index in [1.165, 1.54) is 14.0 Å². The first kappa shape index (κ1) is 29.3. The van der Waals surface area contributed by atoms with Crippen LogP contribution < -0.4 is 24.3 Å². The summed E-state index contributed by atoms with van der Waals surface area (Å²) in [5.41, 5.74) is 3.61. The first-order valence-corrected chi connectivity index (χ1v) is 12.4. The van der Waals surface area contributed by atoms with Crippen LogP contribution >= 0.6 is 0 Å². The first-order chi connectivity index (χ1) is 18.5. The SMILES string of the molecule is COc1ccc(C2=C/C(=N/OCC(C)=O)CCc3c2cc(OC)c(OC)c3OC)cc1NC(=O)OC(C)(C)C. The van der Waals surface area contributed by atoms with Crippen LogP contribution in [0.4, 0.5) is 10.5 Å². The molecule has 0 heterocycles. The maximum Gasteiger partial charge on any atom is 0.412 e. The van der Waals surface area contributed by atoms with Gasteiger partial charge >= 0.3 is 6.09 Å². The molecule has 0 bridgehead atoms. The van der Waals surface area contributed by atoms with Crippen molar-refractivity contribution in [3.05, 3.63) is 47.0 Å². The number of amides is 1. The molecule has 0 saturated heterocycles. The number of hydrogen-bond donors (Lipinski definition) is 1. The van der Waals surface area contributed by atoms with Gasteiger partial charge in [-0.15, -0.1) is 0 Å². The van der Waals surface area contributed by atoms with Gasteiger partial charge in [0.05, 0.1) is 39.8 Å². The molecular formula is C29H36N2O8. The second-order valence-electron chi connectivity index (χ2n) is 9.83. The van der Waals surface area contributed by atoms with Crippen LogP contribution in [0.2, 0.25) is 0 Å². The van der Waals surface area contributed by atoms with Gasteiger partial charge in [0.15, 0.2) is 23.9 Å². The molecule has 0 radical (unpaired) electrons. The Bertz CT molecular complexity index is 1290. The molecule has 10 nitrogen and oxygen atoms in total. The molecule has 1 aliphatic rings. The number of hydrogen-bond acceptors (Lipinski definition) is 9. The topological polar surface area (TPSA) is 114 Å². The van der Waals surface area contributed by atoms with Crippen molar-refractivity contribution < 1.29 is 38.1 Å². The first-order valence-electron chi connectivity index (χ1n) is 12.4. The summed E-state index contributed by atoms with van der Waals surface area (Å²) < 4.78 is 28.0. The zero-order valence-electron chi connectivity index (χ0n) is 23.7. The van der Waals surface area contributed by atoms with E-state index in [4.69, 9.17) is 28.5 Å². The second kappa shape index (κ2) is 12.6. The van der Waals surface area contributed by atoms with Crippen molar-refractivity contribution in [3.8, 4) is 23.0 Å². The van der Waals surface area contributed by atoms with Crippen molar-refractivity contribution in [1.29, 1.82) is 0 Å². The zero-order chi connectivity index (χ0) is 28.7. The third-order valence-electron chi connectivity index (χ3n) is 5.76. The minimum absolute atomic E-state index is 0.128. The molecule has 0 spiro atoms. The highest BCUT2D eigenvalue weighted by Gasteiger charge is 2.26. The molecule has 39 heavy (non-hydrogen) atoms. The van der Waals surface area contributed by atoms with E-state index >= 15 is 0 Å². The summed E-state index contributed by atoms with van der Waals surface area (Å²) in [6.45, 7) is 6.67. The number of allylic oxidation sites excluding steroid dienone is 1. The number of carbonyl (C=O) groups excluding carboxylic acids is 2. The second-order valence-corrected chi connectivity index (χ2v) is 9.83. The Kier molecular flexibility index (Phi) is 9.45. The summed E-state index contributed by atoms with van der Waals surface area (Å²) in [6.07, 6.45) is 2.34. The highest BCUT2D eigenvalue weighted by molar-refractivity contribution is 6.06. The molecular weight excluding hydrogens is 504 g/mol. The smallest absolute Gasteiger partial charge is 0.412 e. The number of benzene rings is 2. The largest absolute Gasteiger partial charge is 0.495 e. The van der Waals surface area contributed by atoms with Crippen LogP contribution in [0.25, 0.3) is 5.57 Å². The Labute approximate surface area is 228 Å². The Hall–Kier alpha value is -4.21. The molecule has 1 amide bonds. The van der Waals surface area contributed by atoms with Crippen molar-refractivity contribution in [3.63, 3.8) is 0 Å². The maximum atomic E-state index is 12.6. The van der Waals surface area contributed by atoms with E-state index in [9.17, 15) is 9.59 Å². The van der Waals surface area contributed by atoms with Gasteiger partial charge < -0.3 is 28.5 Å². The van der Waals surface area contributed by atoms with Crippen LogP contribution in [-0.4, -0.2) is 58.2 Å². The third-order valence-corrected chi connectivity index (χ3v) is 5.76. The number of fused-ring (bicyclic) bond motifs is 1. The minimum Gasteiger partial charge on any atom is -0.495 e. The number of ether oxygens (including phenoxy) is 5. The number of methoxy groups -OCH3 is 4. The van der Waals surface area contributed by atoms with Crippen LogP contribution in [0, 0.1) is 0 Å². The number of nitrogens with zero attached hydrogens (tertiary/aromatic N) is 1. The molecule has 2 aromatic rings. The molecule has 1 N–H and O–H groups in total. The van der Waals surface area contributed by atoms with E-state index in [-0.39, 0.29) is 12.4 Å². The minimum atomic E-state index is -0.672. The summed E-state index contributed by atoms with van der Waals surface area (Å²) in [7, 11) is 6.21. The van der Waals surface area contributed by atoms with Gasteiger partial charge in [-0.1, -0.05) is 11.2 Å². The molecule has 0 aromatic heterocycles. The van der Waals surface area contributed by atoms with E-state index in [1.54, 1.807) is 54.2 Å². The van der Waals surface area contributed by atoms with Gasteiger partial charge in [0.1, 0.15) is 11.4 Å². The Morgan fingerprint density at radius 1 is 0.923 bits per heavy atom. The van der Waals surface area contributed by atoms with Gasteiger partial charge in [0.2, 0.25) is 5.75 Å². The number of rotatable bonds is 9. The quantitative estimate of drug-likeness (QED) is 0.420. The fraction of sp³-hybridized carbons (Fsp3) is 0.414. The van der Waals surface area contributed by atoms with Crippen LogP contribution in [0.5, 0.6) is 23.0 Å². The predicted molar refractivity (Wildman–Crippen MR) is 148 cm³/mol. The number of nitrogens with one attached hydrogen (secondary N) is 1. The molecule has 0 atom stereocenters. The molecule has 10 heteroatoms. The molecule has 0 saturated carbocycles. The summed E-state index contributed by atoms with van der Waals surface area (Å²) in [5.74, 6) is 1.85. The van der Waals surface area contributed by atoms with Gasteiger partial charge in [-0.2, -0.15) is 0 Å². The van der Waals surface area contributed by atoms with Gasteiger partial charge in [-0.05, 0) is 81.5 Å². The zero-order valence-corrected chi connectivity index (χ0v) is 23.7.